The Morgan fingerprint density at radius 3 is 2.10 bits per heavy atom. The van der Waals surface area contributed by atoms with Gasteiger partial charge in [0.15, 0.2) is 0 Å². The van der Waals surface area contributed by atoms with Gasteiger partial charge in [-0.05, 0) is 42.5 Å². The Kier molecular flexibility index (Phi) is 6.29. The molecule has 0 radical (unpaired) electrons. The standard InChI is InChI=1S/C22H23NO5S/c1-26-19-11-13-21(14-12-19)29(24,25)23(18-8-6-9-20(15-18)27-2)16-17-7-4-5-10-22(17)28-3/h4-15H,16H2,1-3H3. The van der Waals surface area contributed by atoms with Crippen LogP contribution < -0.4 is 18.5 Å². The van der Waals surface area contributed by atoms with Crippen LogP contribution in [-0.4, -0.2) is 29.7 Å². The molecule has 0 N–H and O–H groups in total. The van der Waals surface area contributed by atoms with Crippen molar-refractivity contribution in [2.75, 3.05) is 25.6 Å². The molecule has 0 aromatic heterocycles. The maximum atomic E-state index is 13.5. The number of hydrogen-bond acceptors (Lipinski definition) is 5. The molecule has 3 aromatic carbocycles. The number of sulfonamides is 1. The van der Waals surface area contributed by atoms with Crippen molar-refractivity contribution in [3.05, 3.63) is 78.4 Å². The summed E-state index contributed by atoms with van der Waals surface area (Å²) < 4.78 is 44.3. The van der Waals surface area contributed by atoms with E-state index in [0.29, 0.717) is 22.9 Å². The maximum absolute atomic E-state index is 13.5. The molecule has 3 aromatic rings. The van der Waals surface area contributed by atoms with Crippen molar-refractivity contribution < 1.29 is 22.6 Å². The van der Waals surface area contributed by atoms with Gasteiger partial charge in [-0.3, -0.25) is 4.31 Å². The molecular weight excluding hydrogens is 390 g/mol. The van der Waals surface area contributed by atoms with Crippen molar-refractivity contribution in [2.45, 2.75) is 11.4 Å². The lowest BCUT2D eigenvalue weighted by atomic mass is 10.2. The highest BCUT2D eigenvalue weighted by molar-refractivity contribution is 7.92. The minimum absolute atomic E-state index is 0.103. The number of benzene rings is 3. The van der Waals surface area contributed by atoms with Crippen LogP contribution in [0.15, 0.2) is 77.7 Å². The number of ether oxygens (including phenoxy) is 3. The Morgan fingerprint density at radius 2 is 1.45 bits per heavy atom. The Balaban J connectivity index is 2.10. The van der Waals surface area contributed by atoms with Gasteiger partial charge in [-0.1, -0.05) is 24.3 Å². The highest BCUT2D eigenvalue weighted by atomic mass is 32.2. The first-order valence-electron chi connectivity index (χ1n) is 8.92. The van der Waals surface area contributed by atoms with Crippen LogP contribution in [0.2, 0.25) is 0 Å². The first-order chi connectivity index (χ1) is 14.0. The highest BCUT2D eigenvalue weighted by Gasteiger charge is 2.26. The van der Waals surface area contributed by atoms with E-state index in [4.69, 9.17) is 14.2 Å². The molecule has 3 rings (SSSR count). The molecule has 0 fully saturated rings. The maximum Gasteiger partial charge on any atom is 0.264 e. The first-order valence-corrected chi connectivity index (χ1v) is 10.4. The molecule has 0 atom stereocenters. The minimum Gasteiger partial charge on any atom is -0.497 e. The zero-order valence-electron chi connectivity index (χ0n) is 16.5. The third-order valence-electron chi connectivity index (χ3n) is 4.50. The van der Waals surface area contributed by atoms with Crippen molar-refractivity contribution in [2.24, 2.45) is 0 Å². The summed E-state index contributed by atoms with van der Waals surface area (Å²) in [5.41, 5.74) is 1.24. The normalized spacial score (nSPS) is 11.0. The molecule has 0 spiro atoms. The second-order valence-electron chi connectivity index (χ2n) is 6.20. The van der Waals surface area contributed by atoms with E-state index in [9.17, 15) is 8.42 Å². The molecule has 0 heterocycles. The third kappa shape index (κ3) is 4.46. The van der Waals surface area contributed by atoms with Gasteiger partial charge in [-0.15, -0.1) is 0 Å². The van der Waals surface area contributed by atoms with Crippen molar-refractivity contribution in [1.82, 2.24) is 0 Å². The fraction of sp³-hybridized carbons (Fsp3) is 0.182. The van der Waals surface area contributed by atoms with Crippen LogP contribution in [0.4, 0.5) is 5.69 Å². The molecule has 0 saturated carbocycles. The topological polar surface area (TPSA) is 65.1 Å². The first kappa shape index (κ1) is 20.5. The summed E-state index contributed by atoms with van der Waals surface area (Å²) in [6, 6.07) is 20.6. The molecule has 152 valence electrons. The number of anilines is 1. The number of methoxy groups -OCH3 is 3. The number of nitrogens with zero attached hydrogens (tertiary/aromatic N) is 1. The van der Waals surface area contributed by atoms with Crippen LogP contribution in [0.1, 0.15) is 5.56 Å². The van der Waals surface area contributed by atoms with Gasteiger partial charge in [0, 0.05) is 11.6 Å². The number of rotatable bonds is 8. The molecule has 7 heteroatoms. The van der Waals surface area contributed by atoms with Crippen molar-refractivity contribution in [1.29, 1.82) is 0 Å². The summed E-state index contributed by atoms with van der Waals surface area (Å²) in [5, 5.41) is 0. The molecule has 29 heavy (non-hydrogen) atoms. The van der Waals surface area contributed by atoms with Gasteiger partial charge < -0.3 is 14.2 Å². The number of hydrogen-bond donors (Lipinski definition) is 0. The van der Waals surface area contributed by atoms with Gasteiger partial charge in [-0.2, -0.15) is 0 Å². The Morgan fingerprint density at radius 1 is 0.759 bits per heavy atom. The van der Waals surface area contributed by atoms with Gasteiger partial charge in [0.05, 0.1) is 38.5 Å². The van der Waals surface area contributed by atoms with Crippen molar-refractivity contribution in [3.8, 4) is 17.2 Å². The molecule has 0 amide bonds. The zero-order chi connectivity index (χ0) is 20.9. The monoisotopic (exact) mass is 413 g/mol. The lowest BCUT2D eigenvalue weighted by Crippen LogP contribution is -2.30. The van der Waals surface area contributed by atoms with E-state index < -0.39 is 10.0 Å². The second-order valence-corrected chi connectivity index (χ2v) is 8.06. The van der Waals surface area contributed by atoms with Gasteiger partial charge in [0.25, 0.3) is 10.0 Å². The zero-order valence-corrected chi connectivity index (χ0v) is 17.3. The molecule has 0 aliphatic carbocycles. The average molecular weight is 413 g/mol. The van der Waals surface area contributed by atoms with Crippen molar-refractivity contribution in [3.63, 3.8) is 0 Å². The lowest BCUT2D eigenvalue weighted by molar-refractivity contribution is 0.409. The van der Waals surface area contributed by atoms with Crippen LogP contribution in [0, 0.1) is 0 Å². The largest absolute Gasteiger partial charge is 0.497 e. The highest BCUT2D eigenvalue weighted by Crippen LogP contribution is 2.31. The molecule has 0 unspecified atom stereocenters. The Labute approximate surface area is 171 Å². The molecule has 0 bridgehead atoms. The quantitative estimate of drug-likeness (QED) is 0.556. The third-order valence-corrected chi connectivity index (χ3v) is 6.28. The molecule has 0 aliphatic heterocycles. The number of para-hydroxylation sites is 1. The van der Waals surface area contributed by atoms with E-state index in [0.717, 1.165) is 5.56 Å². The van der Waals surface area contributed by atoms with E-state index in [2.05, 4.69) is 0 Å². The van der Waals surface area contributed by atoms with Gasteiger partial charge >= 0.3 is 0 Å². The van der Waals surface area contributed by atoms with Gasteiger partial charge in [-0.25, -0.2) is 8.42 Å². The fourth-order valence-electron chi connectivity index (χ4n) is 2.94. The van der Waals surface area contributed by atoms with Crippen LogP contribution in [0.25, 0.3) is 0 Å². The van der Waals surface area contributed by atoms with E-state index >= 15 is 0 Å². The average Bonchev–Trinajstić information content (AvgIpc) is 2.77. The summed E-state index contributed by atoms with van der Waals surface area (Å²) in [4.78, 5) is 0.163. The molecule has 6 nitrogen and oxygen atoms in total. The smallest absolute Gasteiger partial charge is 0.264 e. The summed E-state index contributed by atoms with van der Waals surface area (Å²) in [7, 11) is 0.780. The van der Waals surface area contributed by atoms with Crippen molar-refractivity contribution >= 4 is 15.7 Å². The SMILES string of the molecule is COc1ccc(S(=O)(=O)N(Cc2ccccc2OC)c2cccc(OC)c2)cc1. The molecular formula is C22H23NO5S. The summed E-state index contributed by atoms with van der Waals surface area (Å²) in [6.07, 6.45) is 0. The predicted octanol–water partition coefficient (Wildman–Crippen LogP) is 4.11. The van der Waals surface area contributed by atoms with E-state index in [1.54, 1.807) is 56.7 Å². The Hall–Kier alpha value is -3.19. The van der Waals surface area contributed by atoms with E-state index in [1.165, 1.54) is 23.5 Å². The van der Waals surface area contributed by atoms with Gasteiger partial charge in [0.2, 0.25) is 0 Å². The van der Waals surface area contributed by atoms with Gasteiger partial charge in [0.1, 0.15) is 17.2 Å². The van der Waals surface area contributed by atoms with Crippen LogP contribution in [0.3, 0.4) is 0 Å². The second kappa shape index (κ2) is 8.87. The predicted molar refractivity (Wildman–Crippen MR) is 112 cm³/mol. The minimum atomic E-state index is -3.86. The van der Waals surface area contributed by atoms with E-state index in [-0.39, 0.29) is 11.4 Å². The van der Waals surface area contributed by atoms with Crippen LogP contribution in [-0.2, 0) is 16.6 Å². The lowest BCUT2D eigenvalue weighted by Gasteiger charge is -2.26. The fourth-order valence-corrected chi connectivity index (χ4v) is 4.38. The Bertz CT molecular complexity index is 1060. The molecule has 0 aliphatic rings. The molecule has 0 saturated heterocycles. The van der Waals surface area contributed by atoms with Crippen LogP contribution >= 0.6 is 0 Å². The summed E-state index contributed by atoms with van der Waals surface area (Å²) >= 11 is 0. The van der Waals surface area contributed by atoms with Crippen LogP contribution in [0.5, 0.6) is 17.2 Å². The summed E-state index contributed by atoms with van der Waals surface area (Å²) in [6.45, 7) is 0.103. The summed E-state index contributed by atoms with van der Waals surface area (Å²) in [5.74, 6) is 1.77. The van der Waals surface area contributed by atoms with E-state index in [1.807, 2.05) is 18.2 Å².